The lowest BCUT2D eigenvalue weighted by atomic mass is 10.2. The van der Waals surface area contributed by atoms with E-state index in [-0.39, 0.29) is 19.0 Å². The van der Waals surface area contributed by atoms with Crippen LogP contribution in [-0.2, 0) is 6.61 Å². The minimum atomic E-state index is -0.567. The molecule has 0 aliphatic carbocycles. The quantitative estimate of drug-likeness (QED) is 0.714. The molecule has 1 aliphatic rings. The van der Waals surface area contributed by atoms with Gasteiger partial charge in [-0.25, -0.2) is 0 Å². The lowest BCUT2D eigenvalue weighted by Gasteiger charge is -2.10. The molecule has 28 heavy (non-hydrogen) atoms. The normalized spacial score (nSPS) is 11.9. The standard InChI is InChI=1S/C20H15ClN2O5/c21-14-4-1-3-13(9-14)11-28-23-8-2-5-16(20(23)25)19(24)22-15-6-7-17-18(10-15)27-12-26-17/h1-10H,11-12H2,(H,22,24). The Kier molecular flexibility index (Phi) is 4.90. The Hall–Kier alpha value is -3.45. The summed E-state index contributed by atoms with van der Waals surface area (Å²) in [5, 5.41) is 3.25. The Morgan fingerprint density at radius 3 is 2.82 bits per heavy atom. The topological polar surface area (TPSA) is 78.8 Å². The third-order valence-corrected chi connectivity index (χ3v) is 4.28. The van der Waals surface area contributed by atoms with Crippen molar-refractivity contribution in [3.8, 4) is 11.5 Å². The van der Waals surface area contributed by atoms with E-state index < -0.39 is 11.5 Å². The highest BCUT2D eigenvalue weighted by molar-refractivity contribution is 6.30. The molecule has 0 radical (unpaired) electrons. The SMILES string of the molecule is O=C(Nc1ccc2c(c1)OCO2)c1cccn(OCc2cccc(Cl)c2)c1=O. The maximum Gasteiger partial charge on any atom is 0.295 e. The van der Waals surface area contributed by atoms with Crippen LogP contribution < -0.4 is 25.2 Å². The minimum absolute atomic E-state index is 0.0498. The second-order valence-corrected chi connectivity index (χ2v) is 6.41. The highest BCUT2D eigenvalue weighted by Crippen LogP contribution is 2.34. The second-order valence-electron chi connectivity index (χ2n) is 5.98. The summed E-state index contributed by atoms with van der Waals surface area (Å²) in [5.74, 6) is 0.590. The third kappa shape index (κ3) is 3.79. The maximum atomic E-state index is 12.6. The number of ether oxygens (including phenoxy) is 2. The molecule has 142 valence electrons. The molecule has 0 saturated heterocycles. The third-order valence-electron chi connectivity index (χ3n) is 4.05. The van der Waals surface area contributed by atoms with E-state index in [9.17, 15) is 9.59 Å². The number of fused-ring (bicyclic) bond motifs is 1. The summed E-state index contributed by atoms with van der Waals surface area (Å²) in [6.45, 7) is 0.272. The smallest absolute Gasteiger partial charge is 0.295 e. The molecule has 0 saturated carbocycles. The number of nitrogens with one attached hydrogen (secondary N) is 1. The van der Waals surface area contributed by atoms with Gasteiger partial charge in [-0.1, -0.05) is 23.7 Å². The van der Waals surface area contributed by atoms with Gasteiger partial charge in [0.05, 0.1) is 0 Å². The highest BCUT2D eigenvalue weighted by atomic mass is 35.5. The molecule has 1 N–H and O–H groups in total. The Bertz CT molecular complexity index is 1100. The number of nitrogens with zero attached hydrogens (tertiary/aromatic N) is 1. The number of anilines is 1. The first-order valence-electron chi connectivity index (χ1n) is 8.40. The number of halogens is 1. The summed E-state index contributed by atoms with van der Waals surface area (Å²) in [7, 11) is 0. The molecule has 1 aliphatic heterocycles. The monoisotopic (exact) mass is 398 g/mol. The number of carbonyl (C=O) groups is 1. The van der Waals surface area contributed by atoms with Gasteiger partial charge in [0.15, 0.2) is 11.5 Å². The summed E-state index contributed by atoms with van der Waals surface area (Å²) in [5.41, 5.74) is 0.674. The zero-order valence-electron chi connectivity index (χ0n) is 14.6. The predicted molar refractivity (Wildman–Crippen MR) is 103 cm³/mol. The number of amides is 1. The van der Waals surface area contributed by atoms with Gasteiger partial charge in [-0.15, -0.1) is 0 Å². The van der Waals surface area contributed by atoms with Gasteiger partial charge in [-0.2, -0.15) is 4.73 Å². The van der Waals surface area contributed by atoms with Crippen LogP contribution in [0, 0.1) is 0 Å². The van der Waals surface area contributed by atoms with Gasteiger partial charge in [0.1, 0.15) is 12.2 Å². The van der Waals surface area contributed by atoms with E-state index >= 15 is 0 Å². The van der Waals surface area contributed by atoms with Crippen LogP contribution in [0.15, 0.2) is 65.6 Å². The number of pyridine rings is 1. The van der Waals surface area contributed by atoms with Gasteiger partial charge in [-0.05, 0) is 42.0 Å². The fraction of sp³-hybridized carbons (Fsp3) is 0.100. The average Bonchev–Trinajstić information content (AvgIpc) is 3.15. The summed E-state index contributed by atoms with van der Waals surface area (Å²) in [6.07, 6.45) is 1.45. The molecular formula is C20H15ClN2O5. The van der Waals surface area contributed by atoms with Gasteiger partial charge < -0.3 is 19.6 Å². The lowest BCUT2D eigenvalue weighted by molar-refractivity contribution is 0.0863. The Balaban J connectivity index is 1.49. The van der Waals surface area contributed by atoms with Crippen LogP contribution in [0.25, 0.3) is 0 Å². The van der Waals surface area contributed by atoms with E-state index in [2.05, 4.69) is 5.32 Å². The average molecular weight is 399 g/mol. The molecule has 8 heteroatoms. The number of aromatic nitrogens is 1. The van der Waals surface area contributed by atoms with Gasteiger partial charge in [0.25, 0.3) is 11.5 Å². The van der Waals surface area contributed by atoms with Crippen molar-refractivity contribution in [2.45, 2.75) is 6.61 Å². The Labute approximate surface area is 165 Å². The Morgan fingerprint density at radius 2 is 1.96 bits per heavy atom. The van der Waals surface area contributed by atoms with Crippen LogP contribution in [0.4, 0.5) is 5.69 Å². The molecule has 0 spiro atoms. The minimum Gasteiger partial charge on any atom is -0.454 e. The van der Waals surface area contributed by atoms with Crippen LogP contribution in [0.5, 0.6) is 11.5 Å². The van der Waals surface area contributed by atoms with E-state index in [1.807, 2.05) is 6.07 Å². The molecule has 1 amide bonds. The van der Waals surface area contributed by atoms with Crippen LogP contribution >= 0.6 is 11.6 Å². The maximum absolute atomic E-state index is 12.6. The van der Waals surface area contributed by atoms with Crippen LogP contribution in [0.1, 0.15) is 15.9 Å². The Morgan fingerprint density at radius 1 is 1.11 bits per heavy atom. The summed E-state index contributed by atoms with van der Waals surface area (Å²) < 4.78 is 11.5. The molecule has 0 fully saturated rings. The van der Waals surface area contributed by atoms with Crippen molar-refractivity contribution in [3.05, 3.63) is 87.3 Å². The fourth-order valence-corrected chi connectivity index (χ4v) is 2.91. The molecule has 2 heterocycles. The van der Waals surface area contributed by atoms with Crippen LogP contribution in [-0.4, -0.2) is 17.4 Å². The number of hydrogen-bond acceptors (Lipinski definition) is 5. The largest absolute Gasteiger partial charge is 0.454 e. The number of rotatable bonds is 5. The summed E-state index contributed by atoms with van der Waals surface area (Å²) in [6, 6.07) is 15.1. The fourth-order valence-electron chi connectivity index (χ4n) is 2.69. The van der Waals surface area contributed by atoms with E-state index in [0.29, 0.717) is 22.2 Å². The molecule has 0 atom stereocenters. The second kappa shape index (κ2) is 7.66. The van der Waals surface area contributed by atoms with E-state index in [0.717, 1.165) is 10.3 Å². The molecule has 1 aromatic heterocycles. The first-order valence-corrected chi connectivity index (χ1v) is 8.78. The molecule has 4 rings (SSSR count). The van der Waals surface area contributed by atoms with Gasteiger partial charge >= 0.3 is 0 Å². The van der Waals surface area contributed by atoms with Crippen molar-refractivity contribution >= 4 is 23.2 Å². The van der Waals surface area contributed by atoms with Gasteiger partial charge in [-0.3, -0.25) is 9.59 Å². The van der Waals surface area contributed by atoms with Crippen LogP contribution in [0.3, 0.4) is 0 Å². The zero-order valence-corrected chi connectivity index (χ0v) is 15.3. The van der Waals surface area contributed by atoms with E-state index in [4.69, 9.17) is 25.9 Å². The first-order chi connectivity index (χ1) is 13.6. The first kappa shape index (κ1) is 17.9. The zero-order chi connectivity index (χ0) is 19.5. The van der Waals surface area contributed by atoms with Crippen LogP contribution in [0.2, 0.25) is 5.02 Å². The number of hydrogen-bond donors (Lipinski definition) is 1. The van der Waals surface area contributed by atoms with Gasteiger partial charge in [0, 0.05) is 23.0 Å². The van der Waals surface area contributed by atoms with Crippen molar-refractivity contribution in [2.24, 2.45) is 0 Å². The molecule has 0 bridgehead atoms. The molecule has 3 aromatic rings. The summed E-state index contributed by atoms with van der Waals surface area (Å²) in [4.78, 5) is 30.6. The van der Waals surface area contributed by atoms with Crippen molar-refractivity contribution in [2.75, 3.05) is 12.1 Å². The van der Waals surface area contributed by atoms with E-state index in [1.54, 1.807) is 42.5 Å². The predicted octanol–water partition coefficient (Wildman–Crippen LogP) is 3.11. The molecule has 0 unspecified atom stereocenters. The molecule has 2 aromatic carbocycles. The number of carbonyl (C=O) groups excluding carboxylic acids is 1. The van der Waals surface area contributed by atoms with Crippen molar-refractivity contribution in [3.63, 3.8) is 0 Å². The van der Waals surface area contributed by atoms with Gasteiger partial charge in [0.2, 0.25) is 6.79 Å². The number of benzene rings is 2. The lowest BCUT2D eigenvalue weighted by Crippen LogP contribution is -2.32. The summed E-state index contributed by atoms with van der Waals surface area (Å²) >= 11 is 5.94. The molecule has 7 nitrogen and oxygen atoms in total. The van der Waals surface area contributed by atoms with Crippen molar-refractivity contribution in [1.82, 2.24) is 4.73 Å². The highest BCUT2D eigenvalue weighted by Gasteiger charge is 2.17. The van der Waals surface area contributed by atoms with E-state index in [1.165, 1.54) is 12.3 Å². The van der Waals surface area contributed by atoms with Crippen molar-refractivity contribution < 1.29 is 19.1 Å². The molecular weight excluding hydrogens is 384 g/mol. The van der Waals surface area contributed by atoms with Crippen molar-refractivity contribution in [1.29, 1.82) is 0 Å².